The van der Waals surface area contributed by atoms with Crippen LogP contribution >= 0.6 is 0 Å². The summed E-state index contributed by atoms with van der Waals surface area (Å²) in [6.07, 6.45) is 0.548. The van der Waals surface area contributed by atoms with E-state index in [1.165, 1.54) is 6.07 Å². The van der Waals surface area contributed by atoms with Gasteiger partial charge in [-0.2, -0.15) is 5.26 Å². The first-order valence-corrected chi connectivity index (χ1v) is 7.92. The van der Waals surface area contributed by atoms with E-state index in [9.17, 15) is 13.5 Å². The van der Waals surface area contributed by atoms with Gasteiger partial charge >= 0.3 is 0 Å². The number of nitrogens with one attached hydrogen (secondary N) is 1. The molecular weight excluding hydrogens is 276 g/mol. The quantitative estimate of drug-likeness (QED) is 0.833. The van der Waals surface area contributed by atoms with E-state index in [0.29, 0.717) is 17.5 Å². The van der Waals surface area contributed by atoms with Gasteiger partial charge in [-0.05, 0) is 37.0 Å². The molecule has 1 aromatic rings. The highest BCUT2D eigenvalue weighted by molar-refractivity contribution is 7.89. The van der Waals surface area contributed by atoms with Gasteiger partial charge in [-0.15, -0.1) is 0 Å². The Morgan fingerprint density at radius 3 is 2.55 bits per heavy atom. The molecule has 1 rings (SSSR count). The fourth-order valence-electron chi connectivity index (χ4n) is 1.97. The number of aryl methyl sites for hydroxylation is 1. The Kier molecular flexibility index (Phi) is 5.69. The fourth-order valence-corrected chi connectivity index (χ4v) is 3.48. The zero-order valence-electron chi connectivity index (χ0n) is 11.9. The molecule has 110 valence electrons. The molecule has 0 saturated heterocycles. The number of aliphatic hydroxyl groups excluding tert-OH is 1. The first-order valence-electron chi connectivity index (χ1n) is 6.44. The van der Waals surface area contributed by atoms with Crippen molar-refractivity contribution in [3.8, 4) is 6.07 Å². The standard InChI is InChI=1S/C14H20N2O3S/c1-10(2)6-13(9-17)16-20(18,19)14-7-12(8-15)5-4-11(14)3/h4-5,7,10,13,16-17H,6,9H2,1-3H3. The number of nitriles is 1. The number of sulfonamides is 1. The highest BCUT2D eigenvalue weighted by Gasteiger charge is 2.22. The van der Waals surface area contributed by atoms with Gasteiger partial charge in [0.1, 0.15) is 0 Å². The van der Waals surface area contributed by atoms with Gasteiger partial charge in [0.05, 0.1) is 23.1 Å². The molecule has 2 N–H and O–H groups in total. The molecule has 0 fully saturated rings. The number of hydrogen-bond donors (Lipinski definition) is 2. The Hall–Kier alpha value is -1.42. The van der Waals surface area contributed by atoms with Crippen LogP contribution in [0.1, 0.15) is 31.4 Å². The maximum absolute atomic E-state index is 12.3. The van der Waals surface area contributed by atoms with Crippen LogP contribution < -0.4 is 4.72 Å². The van der Waals surface area contributed by atoms with Crippen LogP contribution in [0.15, 0.2) is 23.1 Å². The molecule has 0 radical (unpaired) electrons. The third kappa shape index (κ3) is 4.30. The van der Waals surface area contributed by atoms with Crippen molar-refractivity contribution in [1.29, 1.82) is 5.26 Å². The van der Waals surface area contributed by atoms with Crippen LogP contribution in [0.2, 0.25) is 0 Å². The van der Waals surface area contributed by atoms with Crippen molar-refractivity contribution in [2.75, 3.05) is 6.61 Å². The van der Waals surface area contributed by atoms with Crippen molar-refractivity contribution in [3.05, 3.63) is 29.3 Å². The minimum Gasteiger partial charge on any atom is -0.395 e. The molecule has 0 spiro atoms. The summed E-state index contributed by atoms with van der Waals surface area (Å²) in [6, 6.07) is 5.93. The number of nitrogens with zero attached hydrogens (tertiary/aromatic N) is 1. The van der Waals surface area contributed by atoms with Crippen LogP contribution in [0, 0.1) is 24.2 Å². The van der Waals surface area contributed by atoms with Gasteiger partial charge < -0.3 is 5.11 Å². The van der Waals surface area contributed by atoms with Gasteiger partial charge in [-0.25, -0.2) is 13.1 Å². The van der Waals surface area contributed by atoms with Crippen LogP contribution in [0.3, 0.4) is 0 Å². The summed E-state index contributed by atoms with van der Waals surface area (Å²) in [5, 5.41) is 18.1. The van der Waals surface area contributed by atoms with E-state index in [-0.39, 0.29) is 17.4 Å². The monoisotopic (exact) mass is 296 g/mol. The van der Waals surface area contributed by atoms with Crippen LogP contribution in [0.4, 0.5) is 0 Å². The van der Waals surface area contributed by atoms with Crippen molar-refractivity contribution in [3.63, 3.8) is 0 Å². The molecule has 5 nitrogen and oxygen atoms in total. The Morgan fingerprint density at radius 1 is 1.40 bits per heavy atom. The van der Waals surface area contributed by atoms with Crippen LogP contribution in [0.5, 0.6) is 0 Å². The largest absolute Gasteiger partial charge is 0.395 e. The van der Waals surface area contributed by atoms with Crippen LogP contribution in [0.25, 0.3) is 0 Å². The summed E-state index contributed by atoms with van der Waals surface area (Å²) in [5.41, 5.74) is 0.859. The van der Waals surface area contributed by atoms with E-state index >= 15 is 0 Å². The molecule has 0 aliphatic heterocycles. The third-order valence-electron chi connectivity index (χ3n) is 2.90. The average Bonchev–Trinajstić information content (AvgIpc) is 2.37. The topological polar surface area (TPSA) is 90.2 Å². The maximum Gasteiger partial charge on any atom is 0.241 e. The van der Waals surface area contributed by atoms with E-state index < -0.39 is 16.1 Å². The SMILES string of the molecule is Cc1ccc(C#N)cc1S(=O)(=O)NC(CO)CC(C)C. The van der Waals surface area contributed by atoms with Crippen molar-refractivity contribution in [1.82, 2.24) is 4.72 Å². The second-order valence-corrected chi connectivity index (χ2v) is 6.90. The van der Waals surface area contributed by atoms with E-state index in [0.717, 1.165) is 0 Å². The van der Waals surface area contributed by atoms with Gasteiger partial charge in [0, 0.05) is 6.04 Å². The number of benzene rings is 1. The molecule has 0 aliphatic carbocycles. The first kappa shape index (κ1) is 16.6. The fraction of sp³-hybridized carbons (Fsp3) is 0.500. The first-order chi connectivity index (χ1) is 9.30. The second-order valence-electron chi connectivity index (χ2n) is 5.22. The normalized spacial score (nSPS) is 13.2. The van der Waals surface area contributed by atoms with Crippen LogP contribution in [-0.2, 0) is 10.0 Å². The molecule has 1 aromatic carbocycles. The lowest BCUT2D eigenvalue weighted by molar-refractivity contribution is 0.240. The predicted molar refractivity (Wildman–Crippen MR) is 76.5 cm³/mol. The molecule has 20 heavy (non-hydrogen) atoms. The summed E-state index contributed by atoms with van der Waals surface area (Å²) >= 11 is 0. The smallest absolute Gasteiger partial charge is 0.241 e. The minimum absolute atomic E-state index is 0.0822. The van der Waals surface area contributed by atoms with Crippen molar-refractivity contribution >= 4 is 10.0 Å². The third-order valence-corrected chi connectivity index (χ3v) is 4.57. The molecule has 0 saturated carbocycles. The van der Waals surface area contributed by atoms with Crippen molar-refractivity contribution in [2.45, 2.75) is 38.1 Å². The molecule has 0 bridgehead atoms. The van der Waals surface area contributed by atoms with E-state index in [2.05, 4.69) is 4.72 Å². The van der Waals surface area contributed by atoms with E-state index in [1.54, 1.807) is 19.1 Å². The summed E-state index contributed by atoms with van der Waals surface area (Å²) in [6.45, 7) is 5.33. The summed E-state index contributed by atoms with van der Waals surface area (Å²) < 4.78 is 27.2. The minimum atomic E-state index is -3.74. The zero-order chi connectivity index (χ0) is 15.3. The number of aliphatic hydroxyl groups is 1. The van der Waals surface area contributed by atoms with Gasteiger partial charge in [0.2, 0.25) is 10.0 Å². The van der Waals surface area contributed by atoms with Gasteiger partial charge in [-0.1, -0.05) is 19.9 Å². The maximum atomic E-state index is 12.3. The van der Waals surface area contributed by atoms with Crippen LogP contribution in [-0.4, -0.2) is 26.2 Å². The highest BCUT2D eigenvalue weighted by atomic mass is 32.2. The predicted octanol–water partition coefficient (Wildman–Crippen LogP) is 1.55. The van der Waals surface area contributed by atoms with Crippen molar-refractivity contribution in [2.24, 2.45) is 5.92 Å². The highest BCUT2D eigenvalue weighted by Crippen LogP contribution is 2.18. The molecule has 6 heteroatoms. The summed E-state index contributed by atoms with van der Waals surface area (Å²) in [4.78, 5) is 0.0822. The van der Waals surface area contributed by atoms with Gasteiger partial charge in [-0.3, -0.25) is 0 Å². The molecule has 1 atom stereocenters. The molecule has 0 aliphatic rings. The van der Waals surface area contributed by atoms with Gasteiger partial charge in [0.15, 0.2) is 0 Å². The molecular formula is C14H20N2O3S. The number of rotatable bonds is 6. The Balaban J connectivity index is 3.08. The zero-order valence-corrected chi connectivity index (χ0v) is 12.7. The Morgan fingerprint density at radius 2 is 2.05 bits per heavy atom. The van der Waals surface area contributed by atoms with E-state index in [4.69, 9.17) is 5.26 Å². The van der Waals surface area contributed by atoms with Gasteiger partial charge in [0.25, 0.3) is 0 Å². The second kappa shape index (κ2) is 6.84. The lowest BCUT2D eigenvalue weighted by atomic mass is 10.1. The molecule has 0 heterocycles. The van der Waals surface area contributed by atoms with Crippen molar-refractivity contribution < 1.29 is 13.5 Å². The lowest BCUT2D eigenvalue weighted by Crippen LogP contribution is -2.38. The Labute approximate surface area is 120 Å². The Bertz CT molecular complexity index is 603. The molecule has 1 unspecified atom stereocenters. The molecule has 0 aromatic heterocycles. The molecule has 0 amide bonds. The van der Waals surface area contributed by atoms with E-state index in [1.807, 2.05) is 19.9 Å². The lowest BCUT2D eigenvalue weighted by Gasteiger charge is -2.19. The number of hydrogen-bond acceptors (Lipinski definition) is 4. The average molecular weight is 296 g/mol. The summed E-state index contributed by atoms with van der Waals surface area (Å²) in [5.74, 6) is 0.265. The summed E-state index contributed by atoms with van der Waals surface area (Å²) in [7, 11) is -3.74.